The Kier molecular flexibility index (Phi) is 4.50. The van der Waals surface area contributed by atoms with E-state index in [0.29, 0.717) is 12.0 Å². The van der Waals surface area contributed by atoms with Crippen LogP contribution in [0, 0.1) is 5.92 Å². The molecular formula is C19H30BN3O2. The number of fused-ring (bicyclic) bond motifs is 1. The number of hydrogen-bond donors (Lipinski definition) is 2. The maximum absolute atomic E-state index is 6.15. The molecule has 2 saturated heterocycles. The number of aromatic amines is 1. The summed E-state index contributed by atoms with van der Waals surface area (Å²) in [6.45, 7) is 11.6. The number of aromatic nitrogens is 2. The molecule has 6 heteroatoms. The van der Waals surface area contributed by atoms with Crippen LogP contribution in [0.4, 0.5) is 0 Å². The van der Waals surface area contributed by atoms with Gasteiger partial charge in [-0.2, -0.15) is 0 Å². The number of benzene rings is 1. The number of nitrogens with zero attached hydrogens (tertiary/aromatic N) is 1. The van der Waals surface area contributed by atoms with Crippen LogP contribution in [-0.2, 0) is 9.31 Å². The van der Waals surface area contributed by atoms with E-state index in [2.05, 4.69) is 57.1 Å². The highest BCUT2D eigenvalue weighted by molar-refractivity contribution is 6.62. The third-order valence-corrected chi connectivity index (χ3v) is 5.73. The fourth-order valence-electron chi connectivity index (χ4n) is 3.46. The largest absolute Gasteiger partial charge is 0.494 e. The molecule has 0 aliphatic carbocycles. The van der Waals surface area contributed by atoms with Gasteiger partial charge in [0.2, 0.25) is 0 Å². The van der Waals surface area contributed by atoms with Gasteiger partial charge in [-0.1, -0.05) is 20.4 Å². The fourth-order valence-corrected chi connectivity index (χ4v) is 3.46. The van der Waals surface area contributed by atoms with E-state index < -0.39 is 0 Å². The summed E-state index contributed by atoms with van der Waals surface area (Å²) >= 11 is 0. The summed E-state index contributed by atoms with van der Waals surface area (Å²) in [6, 6.07) is 6.54. The summed E-state index contributed by atoms with van der Waals surface area (Å²) < 4.78 is 12.3. The minimum Gasteiger partial charge on any atom is -0.399 e. The van der Waals surface area contributed by atoms with Crippen molar-refractivity contribution in [3.8, 4) is 0 Å². The lowest BCUT2D eigenvalue weighted by Crippen LogP contribution is -2.41. The number of imidazole rings is 1. The zero-order valence-electron chi connectivity index (χ0n) is 15.1. The van der Waals surface area contributed by atoms with Crippen LogP contribution in [0.15, 0.2) is 18.2 Å². The SMILES string of the molecule is C.CC1CNC(c2nc3ccc(B4OC(C)(C)C(C)(C)O4)cc3[nH]2)C1. The van der Waals surface area contributed by atoms with E-state index in [1.165, 1.54) is 0 Å². The topological polar surface area (TPSA) is 59.2 Å². The van der Waals surface area contributed by atoms with Crippen LogP contribution in [0.5, 0.6) is 0 Å². The minimum atomic E-state index is -0.337. The molecule has 136 valence electrons. The molecule has 0 spiro atoms. The Morgan fingerprint density at radius 2 is 1.84 bits per heavy atom. The van der Waals surface area contributed by atoms with Crippen LogP contribution < -0.4 is 10.8 Å². The molecule has 2 N–H and O–H groups in total. The van der Waals surface area contributed by atoms with Crippen LogP contribution >= 0.6 is 0 Å². The molecule has 4 rings (SSSR count). The summed E-state index contributed by atoms with van der Waals surface area (Å²) in [5, 5.41) is 3.53. The van der Waals surface area contributed by atoms with Crippen molar-refractivity contribution in [2.45, 2.75) is 65.7 Å². The smallest absolute Gasteiger partial charge is 0.399 e. The van der Waals surface area contributed by atoms with E-state index in [9.17, 15) is 0 Å². The van der Waals surface area contributed by atoms with E-state index in [1.54, 1.807) is 0 Å². The fraction of sp³-hybridized carbons (Fsp3) is 0.632. The lowest BCUT2D eigenvalue weighted by atomic mass is 9.79. The average molecular weight is 343 g/mol. The second kappa shape index (κ2) is 6.11. The van der Waals surface area contributed by atoms with Crippen molar-refractivity contribution < 1.29 is 9.31 Å². The monoisotopic (exact) mass is 343 g/mol. The predicted molar refractivity (Wildman–Crippen MR) is 103 cm³/mol. The first kappa shape index (κ1) is 18.4. The van der Waals surface area contributed by atoms with Gasteiger partial charge in [-0.05, 0) is 64.2 Å². The van der Waals surface area contributed by atoms with Crippen molar-refractivity contribution in [2.75, 3.05) is 6.54 Å². The molecule has 0 radical (unpaired) electrons. The van der Waals surface area contributed by atoms with Crippen molar-refractivity contribution in [1.29, 1.82) is 0 Å². The maximum Gasteiger partial charge on any atom is 0.494 e. The van der Waals surface area contributed by atoms with Gasteiger partial charge in [-0.3, -0.25) is 0 Å². The number of H-pyrrole nitrogens is 1. The normalized spacial score (nSPS) is 27.6. The molecule has 2 atom stereocenters. The predicted octanol–water partition coefficient (Wildman–Crippen LogP) is 3.17. The summed E-state index contributed by atoms with van der Waals surface area (Å²) in [5.74, 6) is 1.73. The van der Waals surface area contributed by atoms with Crippen molar-refractivity contribution in [3.63, 3.8) is 0 Å². The molecule has 0 amide bonds. The molecule has 0 bridgehead atoms. The Labute approximate surface area is 151 Å². The molecule has 2 unspecified atom stereocenters. The first-order valence-electron chi connectivity index (χ1n) is 8.84. The molecule has 0 saturated carbocycles. The molecule has 2 aliphatic rings. The highest BCUT2D eigenvalue weighted by atomic mass is 16.7. The average Bonchev–Trinajstić information content (AvgIpc) is 3.15. The lowest BCUT2D eigenvalue weighted by molar-refractivity contribution is 0.00578. The van der Waals surface area contributed by atoms with Gasteiger partial charge >= 0.3 is 7.12 Å². The second-order valence-corrected chi connectivity index (χ2v) is 8.29. The molecular weight excluding hydrogens is 313 g/mol. The van der Waals surface area contributed by atoms with Gasteiger partial charge in [0.25, 0.3) is 0 Å². The van der Waals surface area contributed by atoms with Crippen molar-refractivity contribution in [2.24, 2.45) is 5.92 Å². The van der Waals surface area contributed by atoms with Crippen LogP contribution in [0.2, 0.25) is 0 Å². The standard InChI is InChI=1S/C18H26BN3O2.CH4/c1-11-8-15(20-10-11)16-21-13-7-6-12(9-14(13)22-16)19-23-17(2,3)18(4,5)24-19;/h6-7,9,11,15,20H,8,10H2,1-5H3,(H,21,22);1H4. The third-order valence-electron chi connectivity index (χ3n) is 5.73. The summed E-state index contributed by atoms with van der Waals surface area (Å²) in [4.78, 5) is 8.23. The van der Waals surface area contributed by atoms with Gasteiger partial charge in [0.1, 0.15) is 5.82 Å². The summed E-state index contributed by atoms with van der Waals surface area (Å²) in [5.41, 5.74) is 2.42. The van der Waals surface area contributed by atoms with Crippen molar-refractivity contribution in [3.05, 3.63) is 24.0 Å². The number of rotatable bonds is 2. The molecule has 2 aliphatic heterocycles. The van der Waals surface area contributed by atoms with E-state index in [4.69, 9.17) is 14.3 Å². The minimum absolute atomic E-state index is 0. The van der Waals surface area contributed by atoms with E-state index in [0.717, 1.165) is 35.3 Å². The molecule has 2 aromatic rings. The van der Waals surface area contributed by atoms with Crippen LogP contribution in [0.1, 0.15) is 60.3 Å². The van der Waals surface area contributed by atoms with Gasteiger partial charge in [-0.25, -0.2) is 4.98 Å². The Bertz CT molecular complexity index is 755. The summed E-state index contributed by atoms with van der Waals surface area (Å²) in [7, 11) is -0.337. The molecule has 25 heavy (non-hydrogen) atoms. The van der Waals surface area contributed by atoms with Crippen LogP contribution in [-0.4, -0.2) is 34.8 Å². The van der Waals surface area contributed by atoms with Gasteiger partial charge in [0.15, 0.2) is 0 Å². The molecule has 1 aromatic carbocycles. The third kappa shape index (κ3) is 3.11. The van der Waals surface area contributed by atoms with E-state index in [-0.39, 0.29) is 25.7 Å². The number of hydrogen-bond acceptors (Lipinski definition) is 4. The summed E-state index contributed by atoms with van der Waals surface area (Å²) in [6.07, 6.45) is 1.13. The van der Waals surface area contributed by atoms with Crippen molar-refractivity contribution >= 4 is 23.6 Å². The highest BCUT2D eigenvalue weighted by Crippen LogP contribution is 2.36. The molecule has 3 heterocycles. The number of nitrogens with one attached hydrogen (secondary N) is 2. The molecule has 1 aromatic heterocycles. The van der Waals surface area contributed by atoms with Gasteiger partial charge in [0.05, 0.1) is 28.3 Å². The Hall–Kier alpha value is -1.37. The lowest BCUT2D eigenvalue weighted by Gasteiger charge is -2.32. The Morgan fingerprint density at radius 1 is 1.16 bits per heavy atom. The van der Waals surface area contributed by atoms with Gasteiger partial charge in [-0.15, -0.1) is 0 Å². The van der Waals surface area contributed by atoms with E-state index in [1.807, 2.05) is 6.07 Å². The second-order valence-electron chi connectivity index (χ2n) is 8.29. The first-order valence-corrected chi connectivity index (χ1v) is 8.84. The van der Waals surface area contributed by atoms with Crippen LogP contribution in [0.3, 0.4) is 0 Å². The molecule has 2 fully saturated rings. The first-order chi connectivity index (χ1) is 11.2. The quantitative estimate of drug-likeness (QED) is 0.823. The zero-order valence-corrected chi connectivity index (χ0v) is 15.1. The Morgan fingerprint density at radius 3 is 2.44 bits per heavy atom. The zero-order chi connectivity index (χ0) is 17.1. The van der Waals surface area contributed by atoms with Gasteiger partial charge < -0.3 is 19.6 Å². The van der Waals surface area contributed by atoms with Crippen molar-refractivity contribution in [1.82, 2.24) is 15.3 Å². The van der Waals surface area contributed by atoms with E-state index >= 15 is 0 Å². The molecule has 5 nitrogen and oxygen atoms in total. The Balaban J connectivity index is 0.00000182. The maximum atomic E-state index is 6.15. The highest BCUT2D eigenvalue weighted by Gasteiger charge is 2.51. The van der Waals surface area contributed by atoms with Crippen LogP contribution in [0.25, 0.3) is 11.0 Å². The van der Waals surface area contributed by atoms with Gasteiger partial charge in [0, 0.05) is 0 Å².